The molecule has 0 aliphatic heterocycles. The van der Waals surface area contributed by atoms with E-state index in [9.17, 15) is 9.50 Å². The van der Waals surface area contributed by atoms with E-state index >= 15 is 0 Å². The SMILES string of the molecule is CCNC(=NCC(O)COc1ccc(F)cc1)NC(C)Cc1c(C)nn(C)c1C. The van der Waals surface area contributed by atoms with Crippen LogP contribution in [-0.4, -0.2) is 52.7 Å². The molecule has 2 atom stereocenters. The molecule has 1 heterocycles. The van der Waals surface area contributed by atoms with Crippen LogP contribution >= 0.6 is 0 Å². The van der Waals surface area contributed by atoms with Gasteiger partial charge in [-0.2, -0.15) is 5.10 Å². The zero-order valence-electron chi connectivity index (χ0n) is 17.9. The van der Waals surface area contributed by atoms with E-state index in [4.69, 9.17) is 4.74 Å². The molecular formula is C21H32FN5O2. The summed E-state index contributed by atoms with van der Waals surface area (Å²) < 4.78 is 20.3. The molecule has 0 amide bonds. The fraction of sp³-hybridized carbons (Fsp3) is 0.524. The minimum Gasteiger partial charge on any atom is -0.491 e. The molecular weight excluding hydrogens is 373 g/mol. The van der Waals surface area contributed by atoms with Crippen LogP contribution in [0.5, 0.6) is 5.75 Å². The molecule has 0 fully saturated rings. The Morgan fingerprint density at radius 3 is 2.59 bits per heavy atom. The number of benzene rings is 1. The molecule has 0 aliphatic carbocycles. The topological polar surface area (TPSA) is 83.7 Å². The number of hydrogen-bond acceptors (Lipinski definition) is 4. The molecule has 0 spiro atoms. The van der Waals surface area contributed by atoms with Crippen molar-refractivity contribution in [3.05, 3.63) is 47.0 Å². The summed E-state index contributed by atoms with van der Waals surface area (Å²) in [5, 5.41) is 21.2. The molecule has 8 heteroatoms. The number of nitrogens with zero attached hydrogens (tertiary/aromatic N) is 3. The second-order valence-corrected chi connectivity index (χ2v) is 7.16. The summed E-state index contributed by atoms with van der Waals surface area (Å²) in [6.07, 6.45) is 0.0558. The molecule has 0 saturated carbocycles. The maximum absolute atomic E-state index is 12.9. The predicted octanol–water partition coefficient (Wildman–Crippen LogP) is 2.10. The fourth-order valence-electron chi connectivity index (χ4n) is 3.00. The van der Waals surface area contributed by atoms with E-state index < -0.39 is 6.10 Å². The molecule has 0 saturated heterocycles. The Bertz CT molecular complexity index is 804. The number of aliphatic hydroxyl groups excluding tert-OH is 1. The van der Waals surface area contributed by atoms with Gasteiger partial charge in [0.25, 0.3) is 0 Å². The molecule has 3 N–H and O–H groups in total. The van der Waals surface area contributed by atoms with Crippen molar-refractivity contribution in [1.82, 2.24) is 20.4 Å². The lowest BCUT2D eigenvalue weighted by atomic mass is 10.1. The van der Waals surface area contributed by atoms with E-state index in [0.717, 1.165) is 17.8 Å². The van der Waals surface area contributed by atoms with Crippen LogP contribution in [0.3, 0.4) is 0 Å². The Balaban J connectivity index is 1.88. The third-order valence-electron chi connectivity index (χ3n) is 4.61. The average molecular weight is 406 g/mol. The highest BCUT2D eigenvalue weighted by Gasteiger charge is 2.14. The molecule has 2 unspecified atom stereocenters. The molecule has 0 bridgehead atoms. The molecule has 160 valence electrons. The molecule has 2 rings (SSSR count). The highest BCUT2D eigenvalue weighted by Crippen LogP contribution is 2.14. The first-order valence-electron chi connectivity index (χ1n) is 9.90. The summed E-state index contributed by atoms with van der Waals surface area (Å²) >= 11 is 0. The van der Waals surface area contributed by atoms with Crippen LogP contribution in [0.1, 0.15) is 30.8 Å². The number of aliphatic hydroxyl groups is 1. The van der Waals surface area contributed by atoms with Gasteiger partial charge in [0, 0.05) is 25.3 Å². The van der Waals surface area contributed by atoms with Gasteiger partial charge in [0.2, 0.25) is 0 Å². The lowest BCUT2D eigenvalue weighted by Crippen LogP contribution is -2.43. The summed E-state index contributed by atoms with van der Waals surface area (Å²) in [5.74, 6) is 0.824. The van der Waals surface area contributed by atoms with Crippen LogP contribution in [0.2, 0.25) is 0 Å². The average Bonchev–Trinajstić information content (AvgIpc) is 2.92. The third kappa shape index (κ3) is 7.05. The summed E-state index contributed by atoms with van der Waals surface area (Å²) in [5.41, 5.74) is 3.43. The second-order valence-electron chi connectivity index (χ2n) is 7.16. The molecule has 1 aromatic carbocycles. The Labute approximate surface area is 172 Å². The van der Waals surface area contributed by atoms with Gasteiger partial charge in [0.05, 0.1) is 12.2 Å². The fourth-order valence-corrected chi connectivity index (χ4v) is 3.00. The monoisotopic (exact) mass is 405 g/mol. The normalized spacial score (nSPS) is 13.8. The van der Waals surface area contributed by atoms with Crippen molar-refractivity contribution in [2.75, 3.05) is 19.7 Å². The molecule has 0 radical (unpaired) electrons. The number of halogens is 1. The lowest BCUT2D eigenvalue weighted by molar-refractivity contribution is 0.114. The van der Waals surface area contributed by atoms with E-state index in [1.54, 1.807) is 0 Å². The highest BCUT2D eigenvalue weighted by atomic mass is 19.1. The lowest BCUT2D eigenvalue weighted by Gasteiger charge is -2.19. The Hall–Kier alpha value is -2.61. The molecule has 7 nitrogen and oxygen atoms in total. The summed E-state index contributed by atoms with van der Waals surface area (Å²) in [6.45, 7) is 9.15. The van der Waals surface area contributed by atoms with E-state index in [0.29, 0.717) is 18.3 Å². The summed E-state index contributed by atoms with van der Waals surface area (Å²) in [4.78, 5) is 4.46. The van der Waals surface area contributed by atoms with E-state index in [1.165, 1.54) is 29.8 Å². The van der Waals surface area contributed by atoms with Gasteiger partial charge < -0.3 is 20.5 Å². The van der Waals surface area contributed by atoms with Gasteiger partial charge in [-0.05, 0) is 63.9 Å². The maximum Gasteiger partial charge on any atom is 0.191 e. The Kier molecular flexibility index (Phi) is 8.45. The quantitative estimate of drug-likeness (QED) is 0.440. The van der Waals surface area contributed by atoms with Crippen molar-refractivity contribution < 1.29 is 14.2 Å². The smallest absolute Gasteiger partial charge is 0.191 e. The van der Waals surface area contributed by atoms with Crippen molar-refractivity contribution in [3.8, 4) is 5.75 Å². The summed E-state index contributed by atoms with van der Waals surface area (Å²) in [6, 6.07) is 5.84. The number of aliphatic imine (C=N–C) groups is 1. The van der Waals surface area contributed by atoms with Gasteiger partial charge in [0.1, 0.15) is 24.3 Å². The third-order valence-corrected chi connectivity index (χ3v) is 4.61. The number of aryl methyl sites for hydroxylation is 2. The number of guanidine groups is 1. The molecule has 0 aliphatic rings. The van der Waals surface area contributed by atoms with Gasteiger partial charge in [-0.15, -0.1) is 0 Å². The number of aromatic nitrogens is 2. The minimum atomic E-state index is -0.770. The second kappa shape index (κ2) is 10.8. The predicted molar refractivity (Wildman–Crippen MR) is 113 cm³/mol. The highest BCUT2D eigenvalue weighted by molar-refractivity contribution is 5.80. The first kappa shape index (κ1) is 22.7. The molecule has 2 aromatic rings. The van der Waals surface area contributed by atoms with Crippen molar-refractivity contribution in [2.24, 2.45) is 12.0 Å². The van der Waals surface area contributed by atoms with E-state index in [-0.39, 0.29) is 25.0 Å². The van der Waals surface area contributed by atoms with Crippen molar-refractivity contribution in [2.45, 2.75) is 46.3 Å². The largest absolute Gasteiger partial charge is 0.491 e. The first-order chi connectivity index (χ1) is 13.8. The van der Waals surface area contributed by atoms with Crippen LogP contribution in [0.25, 0.3) is 0 Å². The zero-order valence-corrected chi connectivity index (χ0v) is 17.9. The van der Waals surface area contributed by atoms with Crippen molar-refractivity contribution in [1.29, 1.82) is 0 Å². The van der Waals surface area contributed by atoms with Gasteiger partial charge >= 0.3 is 0 Å². The number of ether oxygens (including phenoxy) is 1. The molecule has 29 heavy (non-hydrogen) atoms. The number of nitrogens with one attached hydrogen (secondary N) is 2. The Morgan fingerprint density at radius 2 is 2.00 bits per heavy atom. The zero-order chi connectivity index (χ0) is 21.4. The van der Waals surface area contributed by atoms with Crippen LogP contribution < -0.4 is 15.4 Å². The minimum absolute atomic E-state index is 0.0815. The summed E-state index contributed by atoms with van der Waals surface area (Å²) in [7, 11) is 1.95. The van der Waals surface area contributed by atoms with E-state index in [2.05, 4.69) is 34.6 Å². The van der Waals surface area contributed by atoms with Crippen molar-refractivity contribution in [3.63, 3.8) is 0 Å². The van der Waals surface area contributed by atoms with Crippen LogP contribution in [0.4, 0.5) is 4.39 Å². The van der Waals surface area contributed by atoms with Gasteiger partial charge in [0.15, 0.2) is 5.96 Å². The molecule has 1 aromatic heterocycles. The van der Waals surface area contributed by atoms with Crippen LogP contribution in [-0.2, 0) is 13.5 Å². The van der Waals surface area contributed by atoms with Crippen molar-refractivity contribution >= 4 is 5.96 Å². The number of hydrogen-bond donors (Lipinski definition) is 3. The Morgan fingerprint density at radius 1 is 1.31 bits per heavy atom. The van der Waals surface area contributed by atoms with Gasteiger partial charge in [-0.25, -0.2) is 4.39 Å². The maximum atomic E-state index is 12.9. The van der Waals surface area contributed by atoms with Crippen LogP contribution in [0, 0.1) is 19.7 Å². The number of rotatable bonds is 9. The van der Waals surface area contributed by atoms with Gasteiger partial charge in [-0.1, -0.05) is 0 Å². The van der Waals surface area contributed by atoms with E-state index in [1.807, 2.05) is 25.6 Å². The first-order valence-corrected chi connectivity index (χ1v) is 9.90. The van der Waals surface area contributed by atoms with Gasteiger partial charge in [-0.3, -0.25) is 9.67 Å². The van der Waals surface area contributed by atoms with Crippen LogP contribution in [0.15, 0.2) is 29.3 Å². The standard InChI is InChI=1S/C21H32FN5O2/c1-6-23-21(25-14(2)11-20-15(3)26-27(5)16(20)4)24-12-18(28)13-29-19-9-7-17(22)8-10-19/h7-10,14,18,28H,6,11-13H2,1-5H3,(H2,23,24,25).